The van der Waals surface area contributed by atoms with Crippen molar-refractivity contribution < 1.29 is 14.4 Å². The summed E-state index contributed by atoms with van der Waals surface area (Å²) in [5.41, 5.74) is 3.51. The third kappa shape index (κ3) is 3.52. The number of hydrogen-bond acceptors (Lipinski definition) is 3. The fraction of sp³-hybridized carbons (Fsp3) is 0.211. The van der Waals surface area contributed by atoms with Gasteiger partial charge >= 0.3 is 6.03 Å². The van der Waals surface area contributed by atoms with Crippen LogP contribution in [0.4, 0.5) is 10.5 Å². The van der Waals surface area contributed by atoms with Crippen molar-refractivity contribution in [1.82, 2.24) is 10.2 Å². The number of aryl methyl sites for hydroxylation is 2. The van der Waals surface area contributed by atoms with E-state index in [0.717, 1.165) is 16.0 Å². The molecule has 2 aromatic carbocycles. The highest BCUT2D eigenvalue weighted by Gasteiger charge is 2.39. The zero-order valence-corrected chi connectivity index (χ0v) is 14.1. The number of amides is 4. The van der Waals surface area contributed by atoms with E-state index in [-0.39, 0.29) is 6.54 Å². The Hall–Kier alpha value is -3.15. The van der Waals surface area contributed by atoms with E-state index in [0.29, 0.717) is 11.3 Å². The summed E-state index contributed by atoms with van der Waals surface area (Å²) >= 11 is 0. The number of hydrogen-bond donors (Lipinski definition) is 2. The van der Waals surface area contributed by atoms with Crippen LogP contribution in [0.2, 0.25) is 0 Å². The van der Waals surface area contributed by atoms with E-state index in [9.17, 15) is 14.4 Å². The number of rotatable bonds is 4. The third-order valence-electron chi connectivity index (χ3n) is 4.25. The number of imide groups is 1. The molecule has 0 bridgehead atoms. The molecule has 128 valence electrons. The van der Waals surface area contributed by atoms with Crippen LogP contribution >= 0.6 is 0 Å². The normalized spacial score (nSPS) is 16.7. The quantitative estimate of drug-likeness (QED) is 0.842. The lowest BCUT2D eigenvalue weighted by molar-refractivity contribution is -0.130. The maximum atomic E-state index is 12.5. The maximum absolute atomic E-state index is 12.5. The van der Waals surface area contributed by atoms with E-state index >= 15 is 0 Å². The highest BCUT2D eigenvalue weighted by molar-refractivity contribution is 6.08. The van der Waals surface area contributed by atoms with Gasteiger partial charge in [-0.2, -0.15) is 0 Å². The van der Waals surface area contributed by atoms with E-state index in [2.05, 4.69) is 10.6 Å². The van der Waals surface area contributed by atoms with Crippen molar-refractivity contribution in [3.05, 3.63) is 65.2 Å². The van der Waals surface area contributed by atoms with Crippen molar-refractivity contribution in [3.8, 4) is 0 Å². The standard InChI is InChI=1S/C19H19N3O3/c1-12-8-9-15(10-13(12)2)20-16(23)11-22-18(24)17(21-19(22)25)14-6-4-3-5-7-14/h3-10,17H,11H2,1-2H3,(H,20,23)(H,21,25). The molecule has 1 saturated heterocycles. The molecule has 1 fully saturated rings. The first-order chi connectivity index (χ1) is 12.0. The summed E-state index contributed by atoms with van der Waals surface area (Å²) in [6, 6.07) is 13.2. The van der Waals surface area contributed by atoms with Crippen LogP contribution in [-0.2, 0) is 9.59 Å². The molecule has 2 N–H and O–H groups in total. The molecular weight excluding hydrogens is 318 g/mol. The second kappa shape index (κ2) is 6.76. The summed E-state index contributed by atoms with van der Waals surface area (Å²) in [6.07, 6.45) is 0. The van der Waals surface area contributed by atoms with Gasteiger partial charge in [0.2, 0.25) is 5.91 Å². The summed E-state index contributed by atoms with van der Waals surface area (Å²) in [5, 5.41) is 5.33. The van der Waals surface area contributed by atoms with Gasteiger partial charge in [-0.1, -0.05) is 36.4 Å². The second-order valence-corrected chi connectivity index (χ2v) is 6.06. The lowest BCUT2D eigenvalue weighted by Crippen LogP contribution is -2.38. The molecule has 4 amide bonds. The van der Waals surface area contributed by atoms with Crippen molar-refractivity contribution in [2.45, 2.75) is 19.9 Å². The van der Waals surface area contributed by atoms with Gasteiger partial charge in [0, 0.05) is 5.69 Å². The van der Waals surface area contributed by atoms with Gasteiger partial charge in [0.15, 0.2) is 0 Å². The van der Waals surface area contributed by atoms with Crippen LogP contribution in [0.25, 0.3) is 0 Å². The monoisotopic (exact) mass is 337 g/mol. The van der Waals surface area contributed by atoms with Crippen molar-refractivity contribution >= 4 is 23.5 Å². The maximum Gasteiger partial charge on any atom is 0.325 e. The minimum atomic E-state index is -0.747. The van der Waals surface area contributed by atoms with Crippen molar-refractivity contribution in [2.24, 2.45) is 0 Å². The number of carbonyl (C=O) groups is 3. The Kier molecular flexibility index (Phi) is 4.52. The Balaban J connectivity index is 1.67. The minimum absolute atomic E-state index is 0.319. The van der Waals surface area contributed by atoms with E-state index in [1.807, 2.05) is 32.0 Å². The Labute approximate surface area is 145 Å². The molecule has 0 saturated carbocycles. The number of nitrogens with zero attached hydrogens (tertiary/aromatic N) is 1. The van der Waals surface area contributed by atoms with Crippen LogP contribution in [-0.4, -0.2) is 29.3 Å². The Morgan fingerprint density at radius 1 is 1.08 bits per heavy atom. The molecule has 1 atom stereocenters. The van der Waals surface area contributed by atoms with Crippen molar-refractivity contribution in [1.29, 1.82) is 0 Å². The first-order valence-electron chi connectivity index (χ1n) is 7.99. The summed E-state index contributed by atoms with van der Waals surface area (Å²) in [5.74, 6) is -0.841. The van der Waals surface area contributed by atoms with Gasteiger partial charge in [0.05, 0.1) is 0 Å². The highest BCUT2D eigenvalue weighted by atomic mass is 16.2. The fourth-order valence-corrected chi connectivity index (χ4v) is 2.70. The fourth-order valence-electron chi connectivity index (χ4n) is 2.70. The lowest BCUT2D eigenvalue weighted by atomic mass is 10.1. The molecule has 2 aromatic rings. The van der Waals surface area contributed by atoms with Crippen LogP contribution in [0.15, 0.2) is 48.5 Å². The average Bonchev–Trinajstić information content (AvgIpc) is 2.87. The lowest BCUT2D eigenvalue weighted by Gasteiger charge is -2.13. The van der Waals surface area contributed by atoms with Gasteiger partial charge in [-0.05, 0) is 42.7 Å². The van der Waals surface area contributed by atoms with E-state index in [1.54, 1.807) is 30.3 Å². The van der Waals surface area contributed by atoms with Gasteiger partial charge in [0.25, 0.3) is 5.91 Å². The highest BCUT2D eigenvalue weighted by Crippen LogP contribution is 2.21. The largest absolute Gasteiger partial charge is 0.325 e. The van der Waals surface area contributed by atoms with E-state index in [1.165, 1.54) is 0 Å². The van der Waals surface area contributed by atoms with Crippen LogP contribution < -0.4 is 10.6 Å². The Bertz CT molecular complexity index is 833. The first-order valence-corrected chi connectivity index (χ1v) is 7.99. The van der Waals surface area contributed by atoms with E-state index < -0.39 is 23.9 Å². The van der Waals surface area contributed by atoms with Gasteiger partial charge in [-0.25, -0.2) is 4.79 Å². The second-order valence-electron chi connectivity index (χ2n) is 6.06. The number of anilines is 1. The summed E-state index contributed by atoms with van der Waals surface area (Å²) in [6.45, 7) is 3.62. The predicted octanol–water partition coefficient (Wildman–Crippen LogP) is 2.54. The van der Waals surface area contributed by atoms with Crippen LogP contribution in [0.1, 0.15) is 22.7 Å². The first kappa shape index (κ1) is 16.7. The van der Waals surface area contributed by atoms with Crippen molar-refractivity contribution in [3.63, 3.8) is 0 Å². The molecule has 0 aromatic heterocycles. The summed E-state index contributed by atoms with van der Waals surface area (Å²) in [4.78, 5) is 37.7. The van der Waals surface area contributed by atoms with Gasteiger partial charge in [0.1, 0.15) is 12.6 Å². The molecule has 1 aliphatic rings. The zero-order chi connectivity index (χ0) is 18.0. The van der Waals surface area contributed by atoms with Crippen molar-refractivity contribution in [2.75, 3.05) is 11.9 Å². The molecule has 25 heavy (non-hydrogen) atoms. The van der Waals surface area contributed by atoms with E-state index in [4.69, 9.17) is 0 Å². The minimum Gasteiger partial charge on any atom is -0.325 e. The van der Waals surface area contributed by atoms with Crippen LogP contribution in [0, 0.1) is 13.8 Å². The zero-order valence-electron chi connectivity index (χ0n) is 14.1. The molecule has 0 radical (unpaired) electrons. The SMILES string of the molecule is Cc1ccc(NC(=O)CN2C(=O)NC(c3ccccc3)C2=O)cc1C. The Morgan fingerprint density at radius 3 is 2.48 bits per heavy atom. The molecule has 6 nitrogen and oxygen atoms in total. The molecule has 6 heteroatoms. The molecule has 3 rings (SSSR count). The number of nitrogens with one attached hydrogen (secondary N) is 2. The number of urea groups is 1. The Morgan fingerprint density at radius 2 is 1.80 bits per heavy atom. The summed E-state index contributed by atoms with van der Waals surface area (Å²) < 4.78 is 0. The molecular formula is C19H19N3O3. The predicted molar refractivity (Wildman–Crippen MR) is 94.0 cm³/mol. The average molecular weight is 337 g/mol. The molecule has 1 heterocycles. The third-order valence-corrected chi connectivity index (χ3v) is 4.25. The van der Waals surface area contributed by atoms with Gasteiger partial charge in [-0.3, -0.25) is 14.5 Å². The van der Waals surface area contributed by atoms with Crippen LogP contribution in [0.3, 0.4) is 0 Å². The molecule has 1 unspecified atom stereocenters. The topological polar surface area (TPSA) is 78.5 Å². The van der Waals surface area contributed by atoms with Crippen LogP contribution in [0.5, 0.6) is 0 Å². The number of benzene rings is 2. The molecule has 0 spiro atoms. The number of carbonyl (C=O) groups excluding carboxylic acids is 3. The molecule has 0 aliphatic carbocycles. The smallest absolute Gasteiger partial charge is 0.325 e. The van der Waals surface area contributed by atoms with Gasteiger partial charge in [-0.15, -0.1) is 0 Å². The van der Waals surface area contributed by atoms with Gasteiger partial charge < -0.3 is 10.6 Å². The summed E-state index contributed by atoms with van der Waals surface area (Å²) in [7, 11) is 0. The molecule has 1 aliphatic heterocycles.